The van der Waals surface area contributed by atoms with Crippen molar-refractivity contribution >= 4 is 34.1 Å². The number of halogens is 1. The van der Waals surface area contributed by atoms with Crippen LogP contribution in [0.1, 0.15) is 15.9 Å². The van der Waals surface area contributed by atoms with Crippen molar-refractivity contribution < 1.29 is 14.3 Å². The molecule has 31 heavy (non-hydrogen) atoms. The fraction of sp³-hybridized carbons (Fsp3) is 0.261. The first-order valence-electron chi connectivity index (χ1n) is 9.79. The summed E-state index contributed by atoms with van der Waals surface area (Å²) in [6, 6.07) is 12.9. The van der Waals surface area contributed by atoms with E-state index < -0.39 is 0 Å². The number of rotatable bonds is 4. The van der Waals surface area contributed by atoms with E-state index >= 15 is 0 Å². The first-order chi connectivity index (χ1) is 15.0. The Labute approximate surface area is 185 Å². The average Bonchev–Trinajstić information content (AvgIpc) is 2.82. The van der Waals surface area contributed by atoms with Crippen LogP contribution >= 0.6 is 11.6 Å². The van der Waals surface area contributed by atoms with Gasteiger partial charge in [-0.25, -0.2) is 0 Å². The highest BCUT2D eigenvalue weighted by molar-refractivity contribution is 6.31. The monoisotopic (exact) mass is 436 g/mol. The molecule has 8 heteroatoms. The quantitative estimate of drug-likeness (QED) is 0.620. The van der Waals surface area contributed by atoms with Crippen LogP contribution < -0.4 is 14.4 Å². The fourth-order valence-corrected chi connectivity index (χ4v) is 3.99. The second kappa shape index (κ2) is 8.70. The number of fused-ring (bicyclic) bond motifs is 1. The van der Waals surface area contributed by atoms with E-state index in [9.17, 15) is 10.1 Å². The molecular formula is C23H21ClN4O3. The lowest BCUT2D eigenvalue weighted by atomic mass is 10.1. The number of ether oxygens (including phenoxy) is 2. The standard InChI is InChI=1S/C23H21ClN4O3/c1-30-18-9-15(10-19(12-18)31-2)23(29)28-7-5-27(6-8-28)22-16(13-25)14-26-21-4-3-17(24)11-20(21)22/h3-4,9-12,14H,5-8H2,1-2H3. The van der Waals surface area contributed by atoms with Crippen molar-refractivity contribution in [1.29, 1.82) is 5.26 Å². The Bertz CT molecular complexity index is 1160. The van der Waals surface area contributed by atoms with Crippen LogP contribution in [0.4, 0.5) is 5.69 Å². The minimum Gasteiger partial charge on any atom is -0.497 e. The molecule has 4 rings (SSSR count). The van der Waals surface area contributed by atoms with Crippen molar-refractivity contribution in [3.05, 3.63) is 58.7 Å². The predicted molar refractivity (Wildman–Crippen MR) is 119 cm³/mol. The van der Waals surface area contributed by atoms with Gasteiger partial charge in [-0.2, -0.15) is 5.26 Å². The van der Waals surface area contributed by atoms with Gasteiger partial charge in [0, 0.05) is 54.4 Å². The van der Waals surface area contributed by atoms with Gasteiger partial charge in [-0.15, -0.1) is 0 Å². The Balaban J connectivity index is 1.58. The number of carbonyl (C=O) groups is 1. The topological polar surface area (TPSA) is 78.7 Å². The van der Waals surface area contributed by atoms with Crippen molar-refractivity contribution in [3.8, 4) is 17.6 Å². The molecule has 1 amide bonds. The summed E-state index contributed by atoms with van der Waals surface area (Å²) in [6.45, 7) is 2.22. The van der Waals surface area contributed by atoms with Gasteiger partial charge >= 0.3 is 0 Å². The number of pyridine rings is 1. The normalized spacial score (nSPS) is 13.7. The van der Waals surface area contributed by atoms with Gasteiger partial charge in [-0.3, -0.25) is 9.78 Å². The Morgan fingerprint density at radius 2 is 1.74 bits per heavy atom. The second-order valence-corrected chi connectivity index (χ2v) is 7.61. The van der Waals surface area contributed by atoms with Gasteiger partial charge in [0.15, 0.2) is 0 Å². The van der Waals surface area contributed by atoms with E-state index in [0.717, 1.165) is 16.6 Å². The lowest BCUT2D eigenvalue weighted by molar-refractivity contribution is 0.0746. The van der Waals surface area contributed by atoms with Gasteiger partial charge in [-0.05, 0) is 30.3 Å². The van der Waals surface area contributed by atoms with E-state index in [-0.39, 0.29) is 5.91 Å². The van der Waals surface area contributed by atoms with Gasteiger partial charge in [0.2, 0.25) is 0 Å². The molecule has 0 bridgehead atoms. The zero-order chi connectivity index (χ0) is 22.0. The number of amides is 1. The predicted octanol–water partition coefficient (Wildman–Crippen LogP) is 3.74. The summed E-state index contributed by atoms with van der Waals surface area (Å²) in [5.41, 5.74) is 2.60. The highest BCUT2D eigenvalue weighted by Crippen LogP contribution is 2.32. The summed E-state index contributed by atoms with van der Waals surface area (Å²) < 4.78 is 10.6. The van der Waals surface area contributed by atoms with Crippen LogP contribution in [0, 0.1) is 11.3 Å². The molecule has 0 unspecified atom stereocenters. The second-order valence-electron chi connectivity index (χ2n) is 7.17. The zero-order valence-electron chi connectivity index (χ0n) is 17.3. The van der Waals surface area contributed by atoms with E-state index in [1.54, 1.807) is 49.6 Å². The summed E-state index contributed by atoms with van der Waals surface area (Å²) in [6.07, 6.45) is 1.59. The van der Waals surface area contributed by atoms with E-state index in [4.69, 9.17) is 21.1 Å². The summed E-state index contributed by atoms with van der Waals surface area (Å²) in [7, 11) is 3.11. The minimum atomic E-state index is -0.0833. The molecule has 2 heterocycles. The van der Waals surface area contributed by atoms with Crippen LogP contribution in [-0.2, 0) is 0 Å². The van der Waals surface area contributed by atoms with E-state index in [0.29, 0.717) is 53.8 Å². The third-order valence-corrected chi connectivity index (χ3v) is 5.64. The molecule has 0 atom stereocenters. The number of carbonyl (C=O) groups excluding carboxylic acids is 1. The van der Waals surface area contributed by atoms with Crippen molar-refractivity contribution in [3.63, 3.8) is 0 Å². The van der Waals surface area contributed by atoms with Gasteiger partial charge < -0.3 is 19.3 Å². The maximum atomic E-state index is 13.1. The van der Waals surface area contributed by atoms with Crippen molar-refractivity contribution in [2.24, 2.45) is 0 Å². The van der Waals surface area contributed by atoms with Gasteiger partial charge in [0.25, 0.3) is 5.91 Å². The molecule has 0 N–H and O–H groups in total. The molecule has 158 valence electrons. The summed E-state index contributed by atoms with van der Waals surface area (Å²) in [4.78, 5) is 21.4. The minimum absolute atomic E-state index is 0.0833. The number of hydrogen-bond donors (Lipinski definition) is 0. The van der Waals surface area contributed by atoms with Gasteiger partial charge in [0.05, 0.1) is 31.0 Å². The lowest BCUT2D eigenvalue weighted by Crippen LogP contribution is -2.49. The third kappa shape index (κ3) is 4.07. The third-order valence-electron chi connectivity index (χ3n) is 5.40. The summed E-state index contributed by atoms with van der Waals surface area (Å²) in [5, 5.41) is 11.1. The zero-order valence-corrected chi connectivity index (χ0v) is 18.0. The van der Waals surface area contributed by atoms with Crippen LogP contribution in [0.15, 0.2) is 42.6 Å². The highest BCUT2D eigenvalue weighted by Gasteiger charge is 2.25. The lowest BCUT2D eigenvalue weighted by Gasteiger charge is -2.37. The number of methoxy groups -OCH3 is 2. The molecule has 1 aliphatic rings. The van der Waals surface area contributed by atoms with Crippen molar-refractivity contribution in [1.82, 2.24) is 9.88 Å². The molecule has 7 nitrogen and oxygen atoms in total. The van der Waals surface area contributed by atoms with Crippen molar-refractivity contribution in [2.45, 2.75) is 0 Å². The number of anilines is 1. The van der Waals surface area contributed by atoms with Crippen LogP contribution in [-0.4, -0.2) is 56.2 Å². The molecule has 0 aliphatic carbocycles. The number of aromatic nitrogens is 1. The first kappa shape index (κ1) is 20.8. The molecule has 1 saturated heterocycles. The largest absolute Gasteiger partial charge is 0.497 e. The molecular weight excluding hydrogens is 416 g/mol. The summed E-state index contributed by atoms with van der Waals surface area (Å²) >= 11 is 6.20. The maximum Gasteiger partial charge on any atom is 0.254 e. The van der Waals surface area contributed by atoms with E-state index in [1.807, 2.05) is 12.1 Å². The number of piperazine rings is 1. The van der Waals surface area contributed by atoms with Crippen LogP contribution in [0.3, 0.4) is 0 Å². The van der Waals surface area contributed by atoms with Crippen molar-refractivity contribution in [2.75, 3.05) is 45.3 Å². The number of hydrogen-bond acceptors (Lipinski definition) is 6. The molecule has 1 fully saturated rings. The Hall–Kier alpha value is -3.50. The molecule has 1 aromatic heterocycles. The molecule has 1 aliphatic heterocycles. The molecule has 0 spiro atoms. The maximum absolute atomic E-state index is 13.1. The average molecular weight is 437 g/mol. The first-order valence-corrected chi connectivity index (χ1v) is 10.2. The SMILES string of the molecule is COc1cc(OC)cc(C(=O)N2CCN(c3c(C#N)cnc4ccc(Cl)cc34)CC2)c1. The van der Waals surface area contributed by atoms with Gasteiger partial charge in [-0.1, -0.05) is 11.6 Å². The Morgan fingerprint density at radius 3 is 2.35 bits per heavy atom. The molecule has 0 radical (unpaired) electrons. The Kier molecular flexibility index (Phi) is 5.83. The molecule has 3 aromatic rings. The smallest absolute Gasteiger partial charge is 0.254 e. The number of nitriles is 1. The number of benzene rings is 2. The van der Waals surface area contributed by atoms with Crippen LogP contribution in [0.25, 0.3) is 10.9 Å². The highest BCUT2D eigenvalue weighted by atomic mass is 35.5. The fourth-order valence-electron chi connectivity index (χ4n) is 3.82. The van der Waals surface area contributed by atoms with E-state index in [2.05, 4.69) is 16.0 Å². The number of nitrogens with zero attached hydrogens (tertiary/aromatic N) is 4. The molecule has 2 aromatic carbocycles. The van der Waals surface area contributed by atoms with Crippen LogP contribution in [0.2, 0.25) is 5.02 Å². The Morgan fingerprint density at radius 1 is 1.06 bits per heavy atom. The van der Waals surface area contributed by atoms with Gasteiger partial charge in [0.1, 0.15) is 17.6 Å². The molecule has 0 saturated carbocycles. The summed E-state index contributed by atoms with van der Waals surface area (Å²) in [5.74, 6) is 1.06. The van der Waals surface area contributed by atoms with E-state index in [1.165, 1.54) is 0 Å². The van der Waals surface area contributed by atoms with Crippen LogP contribution in [0.5, 0.6) is 11.5 Å².